The van der Waals surface area contributed by atoms with E-state index in [4.69, 9.17) is 0 Å². The van der Waals surface area contributed by atoms with Crippen LogP contribution in [-0.2, 0) is 9.59 Å². The topological polar surface area (TPSA) is 74.6 Å². The van der Waals surface area contributed by atoms with Crippen LogP contribution in [0.3, 0.4) is 0 Å². The van der Waals surface area contributed by atoms with Gasteiger partial charge in [-0.3, -0.25) is 9.59 Å². The average molecular weight is 433 g/mol. The van der Waals surface area contributed by atoms with Crippen LogP contribution in [0.4, 0.5) is 0 Å². The third-order valence-corrected chi connectivity index (χ3v) is 10.0. The van der Waals surface area contributed by atoms with E-state index in [1.807, 2.05) is 13.0 Å². The van der Waals surface area contributed by atoms with E-state index in [1.165, 1.54) is 0 Å². The Morgan fingerprint density at radius 1 is 1.27 bits per heavy atom. The normalized spacial score (nSPS) is 45.4. The van der Waals surface area contributed by atoms with Crippen molar-refractivity contribution in [2.45, 2.75) is 83.2 Å². The van der Waals surface area contributed by atoms with Gasteiger partial charge in [0.05, 0.1) is 11.9 Å². The SMILES string of the molecule is CC(C)(C)SCC(=O)[C@@]1(O)CCC2C3CCC4=CC(=O)C=C[C@]4(C)C3[C@@H](O)C[C@@]21C. The maximum Gasteiger partial charge on any atom is 0.178 e. The maximum absolute atomic E-state index is 13.3. The van der Waals surface area contributed by atoms with Gasteiger partial charge in [-0.15, -0.1) is 11.8 Å². The fraction of sp³-hybridized carbons (Fsp3) is 0.760. The van der Waals surface area contributed by atoms with Gasteiger partial charge in [-0.2, -0.15) is 0 Å². The monoisotopic (exact) mass is 432 g/mol. The Labute approximate surface area is 184 Å². The van der Waals surface area contributed by atoms with Crippen molar-refractivity contribution in [3.05, 3.63) is 23.8 Å². The van der Waals surface area contributed by atoms with E-state index >= 15 is 0 Å². The van der Waals surface area contributed by atoms with Crippen molar-refractivity contribution in [2.24, 2.45) is 28.6 Å². The van der Waals surface area contributed by atoms with Gasteiger partial charge in [0, 0.05) is 21.5 Å². The molecule has 3 fully saturated rings. The van der Waals surface area contributed by atoms with Crippen LogP contribution in [0.25, 0.3) is 0 Å². The number of thioether (sulfide) groups is 1. The smallest absolute Gasteiger partial charge is 0.178 e. The van der Waals surface area contributed by atoms with Crippen molar-refractivity contribution in [1.29, 1.82) is 0 Å². The summed E-state index contributed by atoms with van der Waals surface area (Å²) in [5.41, 5.74) is -1.15. The van der Waals surface area contributed by atoms with Crippen molar-refractivity contribution >= 4 is 23.3 Å². The molecule has 0 heterocycles. The molecule has 3 saturated carbocycles. The van der Waals surface area contributed by atoms with Gasteiger partial charge >= 0.3 is 0 Å². The van der Waals surface area contributed by atoms with Crippen LogP contribution in [0.1, 0.15) is 66.7 Å². The lowest BCUT2D eigenvalue weighted by Gasteiger charge is -2.59. The molecular formula is C25H36O4S. The molecule has 30 heavy (non-hydrogen) atoms. The fourth-order valence-corrected chi connectivity index (χ4v) is 7.99. The summed E-state index contributed by atoms with van der Waals surface area (Å²) in [7, 11) is 0. The standard InChI is InChI=1S/C25H36O4S/c1-22(2,3)30-14-20(28)25(29)11-9-18-17-7-6-15-12-16(26)8-10-23(15,4)21(17)19(27)13-24(18,25)5/h8,10,12,17-19,21,27,29H,6-7,9,11,13-14H2,1-5H3/t17?,18?,19-,21?,23-,24-,25-/m0/s1. The predicted octanol–water partition coefficient (Wildman–Crippen LogP) is 4.10. The van der Waals surface area contributed by atoms with E-state index in [9.17, 15) is 19.8 Å². The van der Waals surface area contributed by atoms with E-state index in [2.05, 4.69) is 27.7 Å². The minimum absolute atomic E-state index is 0.0290. The van der Waals surface area contributed by atoms with Crippen LogP contribution < -0.4 is 0 Å². The fourth-order valence-electron chi connectivity index (χ4n) is 7.19. The van der Waals surface area contributed by atoms with Crippen LogP contribution in [0.15, 0.2) is 23.8 Å². The van der Waals surface area contributed by atoms with Crippen molar-refractivity contribution in [1.82, 2.24) is 0 Å². The lowest BCUT2D eigenvalue weighted by atomic mass is 9.46. The number of hydrogen-bond donors (Lipinski definition) is 2. The van der Waals surface area contributed by atoms with Crippen LogP contribution in [-0.4, -0.2) is 44.0 Å². The summed E-state index contributed by atoms with van der Waals surface area (Å²) in [6.07, 6.45) is 8.30. The molecule has 0 aromatic carbocycles. The minimum Gasteiger partial charge on any atom is -0.393 e. The predicted molar refractivity (Wildman–Crippen MR) is 120 cm³/mol. The number of aliphatic hydroxyl groups is 2. The largest absolute Gasteiger partial charge is 0.393 e. The van der Waals surface area contributed by atoms with Gasteiger partial charge in [-0.25, -0.2) is 0 Å². The molecule has 0 aromatic heterocycles. The minimum atomic E-state index is -1.36. The number of carbonyl (C=O) groups excluding carboxylic acids is 2. The number of allylic oxidation sites excluding steroid dienone is 4. The van der Waals surface area contributed by atoms with Crippen LogP contribution in [0.5, 0.6) is 0 Å². The van der Waals surface area contributed by atoms with E-state index in [0.29, 0.717) is 18.6 Å². The lowest BCUT2D eigenvalue weighted by molar-refractivity contribution is -0.174. The van der Waals surface area contributed by atoms with Gasteiger partial charge < -0.3 is 10.2 Å². The van der Waals surface area contributed by atoms with E-state index in [-0.39, 0.29) is 39.5 Å². The molecule has 0 bridgehead atoms. The molecule has 0 saturated heterocycles. The number of carbonyl (C=O) groups is 2. The molecule has 5 heteroatoms. The molecule has 0 amide bonds. The number of aliphatic hydroxyl groups excluding tert-OH is 1. The zero-order valence-corrected chi connectivity index (χ0v) is 19.7. The Morgan fingerprint density at radius 2 is 1.97 bits per heavy atom. The van der Waals surface area contributed by atoms with E-state index in [0.717, 1.165) is 24.8 Å². The molecule has 0 aromatic rings. The number of fused-ring (bicyclic) bond motifs is 5. The number of rotatable bonds is 3. The van der Waals surface area contributed by atoms with E-state index < -0.39 is 17.1 Å². The van der Waals surface area contributed by atoms with Gasteiger partial charge in [-0.1, -0.05) is 46.3 Å². The van der Waals surface area contributed by atoms with Gasteiger partial charge in [0.15, 0.2) is 11.6 Å². The molecule has 4 nitrogen and oxygen atoms in total. The molecule has 4 aliphatic rings. The highest BCUT2D eigenvalue weighted by Crippen LogP contribution is 2.67. The highest BCUT2D eigenvalue weighted by molar-refractivity contribution is 8.01. The van der Waals surface area contributed by atoms with Gasteiger partial charge in [0.1, 0.15) is 5.60 Å². The Morgan fingerprint density at radius 3 is 2.63 bits per heavy atom. The van der Waals surface area contributed by atoms with Crippen LogP contribution >= 0.6 is 11.8 Å². The Bertz CT molecular complexity index is 823. The molecular weight excluding hydrogens is 396 g/mol. The van der Waals surface area contributed by atoms with E-state index in [1.54, 1.807) is 23.9 Å². The summed E-state index contributed by atoms with van der Waals surface area (Å²) in [6, 6.07) is 0. The van der Waals surface area contributed by atoms with Crippen LogP contribution in [0, 0.1) is 28.6 Å². The van der Waals surface area contributed by atoms with Crippen LogP contribution in [0.2, 0.25) is 0 Å². The second-order valence-electron chi connectivity index (χ2n) is 11.4. The molecule has 0 spiro atoms. The molecule has 4 aliphatic carbocycles. The van der Waals surface area contributed by atoms with Crippen molar-refractivity contribution in [2.75, 3.05) is 5.75 Å². The molecule has 166 valence electrons. The Hall–Kier alpha value is -0.910. The van der Waals surface area contributed by atoms with Crippen molar-refractivity contribution in [3.8, 4) is 0 Å². The second-order valence-corrected chi connectivity index (χ2v) is 13.2. The lowest BCUT2D eigenvalue weighted by Crippen LogP contribution is -2.61. The first kappa shape index (κ1) is 22.3. The summed E-state index contributed by atoms with van der Waals surface area (Å²) >= 11 is 1.58. The highest BCUT2D eigenvalue weighted by Gasteiger charge is 2.67. The second kappa shape index (κ2) is 7.05. The average Bonchev–Trinajstić information content (AvgIpc) is 2.91. The first-order chi connectivity index (χ1) is 13.8. The number of Topliss-reactive ketones (excluding diaryl/α,β-unsaturated/α-hetero) is 1. The van der Waals surface area contributed by atoms with Gasteiger partial charge in [-0.05, 0) is 56.1 Å². The zero-order chi connectivity index (χ0) is 22.1. The number of hydrogen-bond acceptors (Lipinski definition) is 5. The summed E-state index contributed by atoms with van der Waals surface area (Å²) < 4.78 is -0.0342. The summed E-state index contributed by atoms with van der Waals surface area (Å²) in [5, 5.41) is 23.1. The molecule has 0 radical (unpaired) electrons. The molecule has 2 N–H and O–H groups in total. The highest BCUT2D eigenvalue weighted by atomic mass is 32.2. The molecule has 4 rings (SSSR count). The summed E-state index contributed by atoms with van der Waals surface area (Å²) in [5.74, 6) is 0.750. The number of ketones is 2. The third-order valence-electron chi connectivity index (χ3n) is 8.75. The maximum atomic E-state index is 13.3. The molecule has 0 aliphatic heterocycles. The van der Waals surface area contributed by atoms with Crippen molar-refractivity contribution < 1.29 is 19.8 Å². The molecule has 7 atom stereocenters. The quantitative estimate of drug-likeness (QED) is 0.702. The van der Waals surface area contributed by atoms with Gasteiger partial charge in [0.2, 0.25) is 0 Å². The first-order valence-electron chi connectivity index (χ1n) is 11.3. The van der Waals surface area contributed by atoms with Gasteiger partial charge in [0.25, 0.3) is 0 Å². The summed E-state index contributed by atoms with van der Waals surface area (Å²) in [4.78, 5) is 25.2. The molecule has 3 unspecified atom stereocenters. The third kappa shape index (κ3) is 3.18. The van der Waals surface area contributed by atoms with Crippen molar-refractivity contribution in [3.63, 3.8) is 0 Å². The Kier molecular flexibility index (Phi) is 5.24. The first-order valence-corrected chi connectivity index (χ1v) is 12.3. The zero-order valence-electron chi connectivity index (χ0n) is 18.9. The summed E-state index contributed by atoms with van der Waals surface area (Å²) in [6.45, 7) is 10.4. The Balaban J connectivity index is 1.64.